The third-order valence-electron chi connectivity index (χ3n) is 2.97. The minimum absolute atomic E-state index is 0.331. The second-order valence-electron chi connectivity index (χ2n) is 3.91. The monoisotopic (exact) mass is 225 g/mol. The lowest BCUT2D eigenvalue weighted by Gasteiger charge is -2.30. The average molecular weight is 226 g/mol. The van der Waals surface area contributed by atoms with Crippen molar-refractivity contribution in [1.82, 2.24) is 5.32 Å². The van der Waals surface area contributed by atoms with E-state index in [9.17, 15) is 0 Å². The third kappa shape index (κ3) is 2.51. The molecular formula is C12H16ClNO. The van der Waals surface area contributed by atoms with E-state index in [1.807, 2.05) is 18.2 Å². The minimum Gasteiger partial charge on any atom is -0.381 e. The summed E-state index contributed by atoms with van der Waals surface area (Å²) in [4.78, 5) is 0. The van der Waals surface area contributed by atoms with E-state index in [1.54, 1.807) is 7.11 Å². The zero-order valence-corrected chi connectivity index (χ0v) is 9.63. The molecule has 0 amide bonds. The lowest BCUT2D eigenvalue weighted by molar-refractivity contribution is 0.0619. The van der Waals surface area contributed by atoms with E-state index >= 15 is 0 Å². The molecule has 2 unspecified atom stereocenters. The first kappa shape index (κ1) is 10.9. The SMILES string of the molecule is COC1CCNC(c2ccccc2Cl)C1. The summed E-state index contributed by atoms with van der Waals surface area (Å²) in [7, 11) is 1.78. The van der Waals surface area contributed by atoms with Gasteiger partial charge in [-0.05, 0) is 31.0 Å². The van der Waals surface area contributed by atoms with E-state index in [0.29, 0.717) is 12.1 Å². The Bertz CT molecular complexity index is 329. The maximum absolute atomic E-state index is 6.17. The van der Waals surface area contributed by atoms with E-state index in [4.69, 9.17) is 16.3 Å². The zero-order valence-electron chi connectivity index (χ0n) is 8.87. The Kier molecular flexibility index (Phi) is 3.62. The Morgan fingerprint density at radius 3 is 2.93 bits per heavy atom. The fraction of sp³-hybridized carbons (Fsp3) is 0.500. The van der Waals surface area contributed by atoms with Crippen molar-refractivity contribution in [1.29, 1.82) is 0 Å². The molecule has 1 N–H and O–H groups in total. The minimum atomic E-state index is 0.331. The van der Waals surface area contributed by atoms with Gasteiger partial charge in [0.05, 0.1) is 6.10 Å². The van der Waals surface area contributed by atoms with Crippen molar-refractivity contribution in [2.75, 3.05) is 13.7 Å². The molecule has 0 aromatic heterocycles. The highest BCUT2D eigenvalue weighted by atomic mass is 35.5. The summed E-state index contributed by atoms with van der Waals surface area (Å²) in [5.74, 6) is 0. The van der Waals surface area contributed by atoms with Crippen LogP contribution in [-0.2, 0) is 4.74 Å². The van der Waals surface area contributed by atoms with Crippen LogP contribution >= 0.6 is 11.6 Å². The van der Waals surface area contributed by atoms with Crippen molar-refractivity contribution in [3.63, 3.8) is 0 Å². The number of benzene rings is 1. The molecule has 0 aliphatic carbocycles. The largest absolute Gasteiger partial charge is 0.381 e. The van der Waals surface area contributed by atoms with Gasteiger partial charge in [-0.15, -0.1) is 0 Å². The number of hydrogen-bond acceptors (Lipinski definition) is 2. The van der Waals surface area contributed by atoms with Gasteiger partial charge in [-0.3, -0.25) is 0 Å². The molecule has 2 nitrogen and oxygen atoms in total. The molecule has 0 bridgehead atoms. The van der Waals surface area contributed by atoms with Gasteiger partial charge in [0.2, 0.25) is 0 Å². The number of piperidine rings is 1. The van der Waals surface area contributed by atoms with Crippen LogP contribution in [0.2, 0.25) is 5.02 Å². The summed E-state index contributed by atoms with van der Waals surface area (Å²) in [5.41, 5.74) is 1.18. The van der Waals surface area contributed by atoms with Crippen LogP contribution in [0.5, 0.6) is 0 Å². The van der Waals surface area contributed by atoms with Crippen LogP contribution < -0.4 is 5.32 Å². The Morgan fingerprint density at radius 1 is 1.40 bits per heavy atom. The third-order valence-corrected chi connectivity index (χ3v) is 3.31. The van der Waals surface area contributed by atoms with E-state index in [2.05, 4.69) is 11.4 Å². The molecule has 2 atom stereocenters. The summed E-state index contributed by atoms with van der Waals surface area (Å²) in [6.07, 6.45) is 2.44. The molecule has 1 aliphatic heterocycles. The highest BCUT2D eigenvalue weighted by Crippen LogP contribution is 2.29. The van der Waals surface area contributed by atoms with Gasteiger partial charge in [0.15, 0.2) is 0 Å². The lowest BCUT2D eigenvalue weighted by Crippen LogP contribution is -2.35. The number of nitrogens with one attached hydrogen (secondary N) is 1. The van der Waals surface area contributed by atoms with Crippen molar-refractivity contribution in [3.8, 4) is 0 Å². The van der Waals surface area contributed by atoms with Crippen LogP contribution in [0.3, 0.4) is 0 Å². The normalized spacial score (nSPS) is 26.5. The van der Waals surface area contributed by atoms with Crippen LogP contribution in [0.25, 0.3) is 0 Å². The van der Waals surface area contributed by atoms with Gasteiger partial charge in [0.25, 0.3) is 0 Å². The van der Waals surface area contributed by atoms with Crippen molar-refractivity contribution in [3.05, 3.63) is 34.9 Å². The predicted octanol–water partition coefficient (Wildman–Crippen LogP) is 2.78. The maximum Gasteiger partial charge on any atom is 0.0601 e. The molecule has 1 aromatic carbocycles. The second kappa shape index (κ2) is 4.97. The first-order chi connectivity index (χ1) is 7.31. The summed E-state index contributed by atoms with van der Waals surface area (Å²) in [6.45, 7) is 0.994. The Balaban J connectivity index is 2.13. The number of rotatable bonds is 2. The Hall–Kier alpha value is -0.570. The van der Waals surface area contributed by atoms with Crippen LogP contribution in [0.1, 0.15) is 24.4 Å². The van der Waals surface area contributed by atoms with Gasteiger partial charge in [0, 0.05) is 18.2 Å². The number of halogens is 1. The van der Waals surface area contributed by atoms with E-state index in [0.717, 1.165) is 24.4 Å². The maximum atomic E-state index is 6.17. The molecular weight excluding hydrogens is 210 g/mol. The van der Waals surface area contributed by atoms with Crippen molar-refractivity contribution in [2.45, 2.75) is 25.0 Å². The van der Waals surface area contributed by atoms with Crippen LogP contribution in [0.4, 0.5) is 0 Å². The zero-order chi connectivity index (χ0) is 10.7. The molecule has 1 aliphatic rings. The Labute approximate surface area is 95.6 Å². The summed E-state index contributed by atoms with van der Waals surface area (Å²) in [6, 6.07) is 8.34. The summed E-state index contributed by atoms with van der Waals surface area (Å²) < 4.78 is 5.40. The van der Waals surface area contributed by atoms with Gasteiger partial charge >= 0.3 is 0 Å². The highest BCUT2D eigenvalue weighted by Gasteiger charge is 2.23. The highest BCUT2D eigenvalue weighted by molar-refractivity contribution is 6.31. The molecule has 1 saturated heterocycles. The van der Waals surface area contributed by atoms with Crippen LogP contribution in [-0.4, -0.2) is 19.8 Å². The topological polar surface area (TPSA) is 21.3 Å². The fourth-order valence-corrected chi connectivity index (χ4v) is 2.36. The smallest absolute Gasteiger partial charge is 0.0601 e. The van der Waals surface area contributed by atoms with Gasteiger partial charge in [-0.2, -0.15) is 0 Å². The summed E-state index contributed by atoms with van der Waals surface area (Å²) >= 11 is 6.17. The average Bonchev–Trinajstić information content (AvgIpc) is 2.30. The van der Waals surface area contributed by atoms with E-state index in [-0.39, 0.29) is 0 Å². The quantitative estimate of drug-likeness (QED) is 0.836. The number of methoxy groups -OCH3 is 1. The molecule has 15 heavy (non-hydrogen) atoms. The second-order valence-corrected chi connectivity index (χ2v) is 4.32. The van der Waals surface area contributed by atoms with E-state index in [1.165, 1.54) is 5.56 Å². The molecule has 1 aromatic rings. The van der Waals surface area contributed by atoms with Crippen molar-refractivity contribution < 1.29 is 4.74 Å². The molecule has 82 valence electrons. The van der Waals surface area contributed by atoms with Gasteiger partial charge < -0.3 is 10.1 Å². The summed E-state index contributed by atoms with van der Waals surface area (Å²) in [5, 5.41) is 4.32. The number of hydrogen-bond donors (Lipinski definition) is 1. The molecule has 0 saturated carbocycles. The first-order valence-electron chi connectivity index (χ1n) is 5.32. The molecule has 1 fully saturated rings. The van der Waals surface area contributed by atoms with Gasteiger partial charge in [0.1, 0.15) is 0 Å². The van der Waals surface area contributed by atoms with Crippen molar-refractivity contribution >= 4 is 11.6 Å². The molecule has 1 heterocycles. The van der Waals surface area contributed by atoms with Crippen LogP contribution in [0.15, 0.2) is 24.3 Å². The van der Waals surface area contributed by atoms with Gasteiger partial charge in [-0.25, -0.2) is 0 Å². The molecule has 0 spiro atoms. The standard InChI is InChI=1S/C12H16ClNO/c1-15-9-6-7-14-12(8-9)10-4-2-3-5-11(10)13/h2-5,9,12,14H,6-8H2,1H3. The van der Waals surface area contributed by atoms with Gasteiger partial charge in [-0.1, -0.05) is 29.8 Å². The molecule has 3 heteroatoms. The molecule has 0 radical (unpaired) electrons. The predicted molar refractivity (Wildman–Crippen MR) is 62.2 cm³/mol. The fourth-order valence-electron chi connectivity index (χ4n) is 2.09. The van der Waals surface area contributed by atoms with Crippen molar-refractivity contribution in [2.24, 2.45) is 0 Å². The van der Waals surface area contributed by atoms with E-state index < -0.39 is 0 Å². The first-order valence-corrected chi connectivity index (χ1v) is 5.69. The number of ether oxygens (including phenoxy) is 1. The van der Waals surface area contributed by atoms with Crippen LogP contribution in [0, 0.1) is 0 Å². The molecule has 2 rings (SSSR count). The lowest BCUT2D eigenvalue weighted by atomic mass is 9.95. The Morgan fingerprint density at radius 2 is 2.20 bits per heavy atom.